The minimum atomic E-state index is -0.730. The van der Waals surface area contributed by atoms with Crippen LogP contribution in [0.2, 0.25) is 0 Å². The van der Waals surface area contributed by atoms with E-state index in [4.69, 9.17) is 9.47 Å². The third kappa shape index (κ3) is 9.51. The van der Waals surface area contributed by atoms with Crippen LogP contribution in [-0.2, 0) is 21.4 Å². The van der Waals surface area contributed by atoms with Crippen LogP contribution in [-0.4, -0.2) is 34.3 Å². The molecule has 1 aromatic carbocycles. The maximum atomic E-state index is 12.2. The summed E-state index contributed by atoms with van der Waals surface area (Å²) in [7, 11) is 0. The zero-order valence-electron chi connectivity index (χ0n) is 21.5. The smallest absolute Gasteiger partial charge is 0.414 e. The molecule has 2 amide bonds. The molecule has 0 fully saturated rings. The summed E-state index contributed by atoms with van der Waals surface area (Å²) in [6.07, 6.45) is 0.275. The Balaban J connectivity index is 2.16. The highest BCUT2D eigenvalue weighted by atomic mass is 32.1. The van der Waals surface area contributed by atoms with Crippen LogP contribution in [0.1, 0.15) is 72.8 Å². The van der Waals surface area contributed by atoms with Crippen molar-refractivity contribution in [2.24, 2.45) is 4.99 Å². The van der Waals surface area contributed by atoms with Gasteiger partial charge in [-0.05, 0) is 52.5 Å². The molecule has 0 aliphatic heterocycles. The van der Waals surface area contributed by atoms with Gasteiger partial charge in [0.15, 0.2) is 0 Å². The summed E-state index contributed by atoms with van der Waals surface area (Å²) in [5, 5.41) is 5.83. The molecule has 1 aromatic heterocycles. The van der Waals surface area contributed by atoms with Crippen molar-refractivity contribution in [3.63, 3.8) is 0 Å². The van der Waals surface area contributed by atoms with E-state index in [1.165, 1.54) is 16.9 Å². The first-order valence-electron chi connectivity index (χ1n) is 11.1. The number of amides is 2. The average molecular weight is 489 g/mol. The van der Waals surface area contributed by atoms with E-state index in [0.717, 1.165) is 15.4 Å². The normalized spacial score (nSPS) is 12.0. The summed E-state index contributed by atoms with van der Waals surface area (Å²) in [5.41, 5.74) is 0.961. The van der Waals surface area contributed by atoms with E-state index >= 15 is 0 Å². The van der Waals surface area contributed by atoms with Crippen LogP contribution in [0, 0.1) is 0 Å². The summed E-state index contributed by atoms with van der Waals surface area (Å²) < 4.78 is 10.5. The molecule has 9 heteroatoms. The monoisotopic (exact) mass is 488 g/mol. The average Bonchev–Trinajstić information content (AvgIpc) is 3.11. The third-order valence-electron chi connectivity index (χ3n) is 4.18. The topological polar surface area (TPSA) is 102 Å². The Morgan fingerprint density at radius 2 is 1.38 bits per heavy atom. The molecule has 2 aromatic rings. The number of ether oxygens (including phenoxy) is 2. The van der Waals surface area contributed by atoms with Gasteiger partial charge in [0.25, 0.3) is 0 Å². The number of aromatic nitrogens is 1. The quantitative estimate of drug-likeness (QED) is 0.407. The molecule has 2 rings (SSSR count). The third-order valence-corrected chi connectivity index (χ3v) is 5.21. The lowest BCUT2D eigenvalue weighted by Gasteiger charge is -2.22. The van der Waals surface area contributed by atoms with Gasteiger partial charge in [-0.15, -0.1) is 11.3 Å². The van der Waals surface area contributed by atoms with Gasteiger partial charge in [0.05, 0.1) is 6.54 Å². The number of hydrogen-bond donors (Lipinski definition) is 2. The lowest BCUT2D eigenvalue weighted by atomic mass is 9.87. The Morgan fingerprint density at radius 3 is 1.82 bits per heavy atom. The number of hydrogen-bond acceptors (Lipinski definition) is 7. The molecule has 0 saturated carbocycles. The first-order valence-corrected chi connectivity index (χ1v) is 11.9. The molecule has 34 heavy (non-hydrogen) atoms. The molecule has 0 spiro atoms. The summed E-state index contributed by atoms with van der Waals surface area (Å²) in [6.45, 7) is 17.2. The molecule has 0 aliphatic carbocycles. The maximum absolute atomic E-state index is 12.2. The van der Waals surface area contributed by atoms with Crippen LogP contribution < -0.4 is 10.6 Å². The summed E-state index contributed by atoms with van der Waals surface area (Å²) in [6, 6.07) is 8.35. The van der Waals surface area contributed by atoms with Gasteiger partial charge < -0.3 is 9.47 Å². The van der Waals surface area contributed by atoms with Crippen LogP contribution in [0.4, 0.5) is 9.59 Å². The van der Waals surface area contributed by atoms with Crippen molar-refractivity contribution in [2.75, 3.05) is 0 Å². The predicted molar refractivity (Wildman–Crippen MR) is 136 cm³/mol. The minimum Gasteiger partial charge on any atom is -0.444 e. The van der Waals surface area contributed by atoms with Gasteiger partial charge in [-0.2, -0.15) is 0 Å². The fraction of sp³-hybridized carbons (Fsp3) is 0.520. The summed E-state index contributed by atoms with van der Waals surface area (Å²) in [5.74, 6) is -0.0621. The van der Waals surface area contributed by atoms with Crippen LogP contribution in [0.25, 0.3) is 10.6 Å². The molecule has 0 unspecified atom stereocenters. The highest BCUT2D eigenvalue weighted by molar-refractivity contribution is 7.15. The number of nitrogens with one attached hydrogen (secondary N) is 2. The fourth-order valence-electron chi connectivity index (χ4n) is 2.69. The number of carbonyl (C=O) groups excluding carboxylic acids is 2. The molecule has 186 valence electrons. The van der Waals surface area contributed by atoms with E-state index < -0.39 is 23.4 Å². The van der Waals surface area contributed by atoms with E-state index in [-0.39, 0.29) is 17.9 Å². The zero-order chi connectivity index (χ0) is 25.7. The number of thiazole rings is 1. The van der Waals surface area contributed by atoms with E-state index in [1.807, 2.05) is 0 Å². The van der Waals surface area contributed by atoms with E-state index in [0.29, 0.717) is 0 Å². The van der Waals surface area contributed by atoms with Crippen molar-refractivity contribution in [3.05, 3.63) is 40.9 Å². The molecular weight excluding hydrogens is 452 g/mol. The van der Waals surface area contributed by atoms with Gasteiger partial charge >= 0.3 is 12.2 Å². The number of aliphatic imine (C=N–C) groups is 1. The second kappa shape index (κ2) is 10.5. The molecule has 1 heterocycles. The lowest BCUT2D eigenvalue weighted by molar-refractivity contribution is 0.0545. The number of benzene rings is 1. The summed E-state index contributed by atoms with van der Waals surface area (Å²) >= 11 is 1.49. The Labute approximate surface area is 206 Å². The largest absolute Gasteiger partial charge is 0.444 e. The Morgan fingerprint density at radius 1 is 0.882 bits per heavy atom. The van der Waals surface area contributed by atoms with Gasteiger partial charge in [0, 0.05) is 16.6 Å². The maximum Gasteiger partial charge on any atom is 0.414 e. The molecule has 0 radical (unpaired) electrons. The van der Waals surface area contributed by atoms with Gasteiger partial charge in [-0.1, -0.05) is 45.0 Å². The number of guanidine groups is 1. The number of nitrogens with zero attached hydrogens (tertiary/aromatic N) is 2. The molecule has 0 aliphatic rings. The Bertz CT molecular complexity index is 991. The SMILES string of the molecule is CC(C)(C)OC(=O)NC(=NCc1cnc(-c2ccc(C(C)(C)C)cc2)s1)NC(=O)OC(C)(C)C. The van der Waals surface area contributed by atoms with Crippen molar-refractivity contribution in [2.45, 2.75) is 85.5 Å². The first kappa shape index (κ1) is 27.3. The Kier molecular flexibility index (Phi) is 8.47. The van der Waals surface area contributed by atoms with Crippen LogP contribution >= 0.6 is 11.3 Å². The van der Waals surface area contributed by atoms with Crippen LogP contribution in [0.15, 0.2) is 35.5 Å². The van der Waals surface area contributed by atoms with Gasteiger partial charge in [-0.3, -0.25) is 10.6 Å². The fourth-order valence-corrected chi connectivity index (χ4v) is 3.54. The second-order valence-corrected chi connectivity index (χ2v) is 12.0. The highest BCUT2D eigenvalue weighted by Crippen LogP contribution is 2.29. The molecule has 8 nitrogen and oxygen atoms in total. The molecule has 0 atom stereocenters. The van der Waals surface area contributed by atoms with Crippen molar-refractivity contribution in [1.82, 2.24) is 15.6 Å². The molecule has 0 saturated heterocycles. The lowest BCUT2D eigenvalue weighted by Crippen LogP contribution is -2.47. The van der Waals surface area contributed by atoms with Crippen LogP contribution in [0.5, 0.6) is 0 Å². The zero-order valence-corrected chi connectivity index (χ0v) is 22.3. The minimum absolute atomic E-state index is 0.0621. The van der Waals surface area contributed by atoms with E-state index in [9.17, 15) is 9.59 Å². The molecule has 2 N–H and O–H groups in total. The molecular formula is C25H36N4O4S. The first-order chi connectivity index (χ1) is 15.5. The van der Waals surface area contributed by atoms with Gasteiger partial charge in [0.1, 0.15) is 16.2 Å². The van der Waals surface area contributed by atoms with Crippen molar-refractivity contribution >= 4 is 29.5 Å². The number of rotatable bonds is 3. The van der Waals surface area contributed by atoms with E-state index in [1.54, 1.807) is 47.7 Å². The van der Waals surface area contributed by atoms with E-state index in [2.05, 4.69) is 65.6 Å². The molecule has 0 bridgehead atoms. The Hall–Kier alpha value is -2.94. The van der Waals surface area contributed by atoms with Gasteiger partial charge in [-0.25, -0.2) is 19.6 Å². The van der Waals surface area contributed by atoms with Gasteiger partial charge in [0.2, 0.25) is 5.96 Å². The predicted octanol–water partition coefficient (Wildman–Crippen LogP) is 6.01. The van der Waals surface area contributed by atoms with Crippen molar-refractivity contribution < 1.29 is 19.1 Å². The highest BCUT2D eigenvalue weighted by Gasteiger charge is 2.21. The summed E-state index contributed by atoms with van der Waals surface area (Å²) in [4.78, 5) is 34.2. The standard InChI is InChI=1S/C25H36N4O4S/c1-23(2,3)17-12-10-16(11-13-17)19-26-14-18(34-19)15-27-20(28-21(30)32-24(4,5)6)29-22(31)33-25(7,8)9/h10-14H,15H2,1-9H3,(H2,27,28,29,30,31). The number of alkyl carbamates (subject to hydrolysis) is 2. The van der Waals surface area contributed by atoms with Crippen molar-refractivity contribution in [3.8, 4) is 10.6 Å². The number of carbonyl (C=O) groups is 2. The second-order valence-electron chi connectivity index (χ2n) is 10.9. The van der Waals surface area contributed by atoms with Crippen molar-refractivity contribution in [1.29, 1.82) is 0 Å². The van der Waals surface area contributed by atoms with Crippen LogP contribution in [0.3, 0.4) is 0 Å².